The van der Waals surface area contributed by atoms with Gasteiger partial charge in [0.05, 0.1) is 18.3 Å². The van der Waals surface area contributed by atoms with Crippen LogP contribution in [0.5, 0.6) is 0 Å². The van der Waals surface area contributed by atoms with Crippen molar-refractivity contribution in [1.29, 1.82) is 0 Å². The predicted molar refractivity (Wildman–Crippen MR) is 119 cm³/mol. The third-order valence-electron chi connectivity index (χ3n) is 5.12. The summed E-state index contributed by atoms with van der Waals surface area (Å²) in [5.41, 5.74) is 2.96. The molecule has 0 bridgehead atoms. The number of fused-ring (bicyclic) bond motifs is 1. The molecule has 0 fully saturated rings. The second-order valence-corrected chi connectivity index (χ2v) is 8.10. The van der Waals surface area contributed by atoms with Gasteiger partial charge in [-0.2, -0.15) is 0 Å². The lowest BCUT2D eigenvalue weighted by molar-refractivity contribution is 0.0970. The molecule has 2 heterocycles. The van der Waals surface area contributed by atoms with Crippen LogP contribution in [0.25, 0.3) is 21.3 Å². The van der Waals surface area contributed by atoms with Crippen molar-refractivity contribution in [2.45, 2.75) is 32.7 Å². The third kappa shape index (κ3) is 4.09. The highest BCUT2D eigenvalue weighted by atomic mass is 32.1. The minimum Gasteiger partial charge on any atom is -0.292 e. The number of ketones is 1. The molecule has 152 valence electrons. The van der Waals surface area contributed by atoms with E-state index < -0.39 is 0 Å². The van der Waals surface area contributed by atoms with E-state index in [0.717, 1.165) is 24.8 Å². The molecule has 0 aliphatic rings. The molecule has 0 saturated carbocycles. The number of Topliss-reactive ketones (excluding diaryl/α,β-unsaturated/α-hetero) is 1. The Morgan fingerprint density at radius 1 is 1.10 bits per heavy atom. The molecule has 4 nitrogen and oxygen atoms in total. The Hall–Kier alpha value is -3.12. The minimum absolute atomic E-state index is 0.0746. The van der Waals surface area contributed by atoms with Crippen LogP contribution >= 0.6 is 11.3 Å². The Morgan fingerprint density at radius 3 is 2.53 bits per heavy atom. The van der Waals surface area contributed by atoms with E-state index in [9.17, 15) is 14.0 Å². The van der Waals surface area contributed by atoms with Crippen LogP contribution in [-0.2, 0) is 13.0 Å². The maximum absolute atomic E-state index is 13.3. The molecule has 0 amide bonds. The first kappa shape index (κ1) is 20.2. The lowest BCUT2D eigenvalue weighted by atomic mass is 10.0. The maximum Gasteiger partial charge on any atom is 0.263 e. The van der Waals surface area contributed by atoms with Crippen molar-refractivity contribution < 1.29 is 9.18 Å². The van der Waals surface area contributed by atoms with Gasteiger partial charge in [0.2, 0.25) is 0 Å². The van der Waals surface area contributed by atoms with Crippen LogP contribution in [0, 0.1) is 5.82 Å². The van der Waals surface area contributed by atoms with E-state index in [4.69, 9.17) is 0 Å². The first-order valence-corrected chi connectivity index (χ1v) is 10.8. The van der Waals surface area contributed by atoms with Gasteiger partial charge < -0.3 is 0 Å². The van der Waals surface area contributed by atoms with E-state index in [0.29, 0.717) is 21.3 Å². The van der Waals surface area contributed by atoms with Crippen LogP contribution in [0.3, 0.4) is 0 Å². The number of aromatic nitrogens is 2. The van der Waals surface area contributed by atoms with Gasteiger partial charge in [-0.15, -0.1) is 11.3 Å². The van der Waals surface area contributed by atoms with Gasteiger partial charge >= 0.3 is 0 Å². The van der Waals surface area contributed by atoms with Crippen molar-refractivity contribution in [2.75, 3.05) is 0 Å². The summed E-state index contributed by atoms with van der Waals surface area (Å²) in [4.78, 5) is 30.8. The van der Waals surface area contributed by atoms with Crippen LogP contribution < -0.4 is 5.56 Å². The van der Waals surface area contributed by atoms with E-state index in [1.54, 1.807) is 12.1 Å². The van der Waals surface area contributed by atoms with Crippen molar-refractivity contribution >= 4 is 27.3 Å². The van der Waals surface area contributed by atoms with E-state index >= 15 is 0 Å². The first-order chi connectivity index (χ1) is 14.6. The molecule has 6 heteroatoms. The highest BCUT2D eigenvalue weighted by molar-refractivity contribution is 7.17. The molecule has 0 saturated heterocycles. The average molecular weight is 421 g/mol. The summed E-state index contributed by atoms with van der Waals surface area (Å²) < 4.78 is 14.6. The molecule has 0 aliphatic heterocycles. The molecular weight excluding hydrogens is 399 g/mol. The highest BCUT2D eigenvalue weighted by Crippen LogP contribution is 2.30. The summed E-state index contributed by atoms with van der Waals surface area (Å²) in [6.07, 6.45) is 4.66. The molecule has 0 N–H and O–H groups in total. The summed E-state index contributed by atoms with van der Waals surface area (Å²) in [7, 11) is 0. The number of hydrogen-bond acceptors (Lipinski definition) is 4. The summed E-state index contributed by atoms with van der Waals surface area (Å²) in [6, 6.07) is 13.6. The Bertz CT molecular complexity index is 1240. The van der Waals surface area contributed by atoms with Gasteiger partial charge in [-0.25, -0.2) is 9.37 Å². The molecule has 0 spiro atoms. The number of unbranched alkanes of at least 4 members (excludes halogenated alkanes) is 1. The fraction of sp³-hybridized carbons (Fsp3) is 0.208. The zero-order valence-electron chi connectivity index (χ0n) is 16.6. The SMILES string of the molecule is CCCCc1ccc(C(=O)Cn2cnc3scc(-c4ccc(F)cc4)c3c2=O)cc1. The van der Waals surface area contributed by atoms with Crippen LogP contribution in [-0.4, -0.2) is 15.3 Å². The van der Waals surface area contributed by atoms with E-state index in [-0.39, 0.29) is 23.7 Å². The maximum atomic E-state index is 13.3. The Labute approximate surface area is 177 Å². The third-order valence-corrected chi connectivity index (χ3v) is 6.01. The van der Waals surface area contributed by atoms with Gasteiger partial charge in [-0.05, 0) is 36.1 Å². The number of thiophene rings is 1. The summed E-state index contributed by atoms with van der Waals surface area (Å²) in [6.45, 7) is 2.07. The minimum atomic E-state index is -0.333. The first-order valence-electron chi connectivity index (χ1n) is 9.91. The van der Waals surface area contributed by atoms with Crippen LogP contribution in [0.4, 0.5) is 4.39 Å². The fourth-order valence-corrected chi connectivity index (χ4v) is 4.31. The molecule has 0 radical (unpaired) electrons. The lowest BCUT2D eigenvalue weighted by Crippen LogP contribution is -2.24. The van der Waals surface area contributed by atoms with Crippen molar-refractivity contribution in [2.24, 2.45) is 0 Å². The number of halogens is 1. The standard InChI is InChI=1S/C24H21FN2O2S/c1-2-3-4-16-5-7-18(8-6-16)21(28)13-27-15-26-23-22(24(27)29)20(14-30-23)17-9-11-19(25)12-10-17/h5-12,14-15H,2-4,13H2,1H3. The molecule has 4 rings (SSSR count). The zero-order valence-corrected chi connectivity index (χ0v) is 17.4. The molecule has 2 aromatic carbocycles. The van der Waals surface area contributed by atoms with E-state index in [2.05, 4.69) is 11.9 Å². The molecule has 2 aromatic heterocycles. The van der Waals surface area contributed by atoms with Crippen molar-refractivity contribution in [1.82, 2.24) is 9.55 Å². The molecular formula is C24H21FN2O2S. The average Bonchev–Trinajstić information content (AvgIpc) is 3.20. The van der Waals surface area contributed by atoms with Crippen molar-refractivity contribution in [3.8, 4) is 11.1 Å². The van der Waals surface area contributed by atoms with Gasteiger partial charge in [0.25, 0.3) is 5.56 Å². The monoisotopic (exact) mass is 420 g/mol. The second kappa shape index (κ2) is 8.71. The quantitative estimate of drug-likeness (QED) is 0.372. The number of carbonyl (C=O) groups excluding carboxylic acids is 1. The fourth-order valence-electron chi connectivity index (χ4n) is 3.41. The number of carbonyl (C=O) groups is 1. The van der Waals surface area contributed by atoms with E-state index in [1.165, 1.54) is 39.9 Å². The highest BCUT2D eigenvalue weighted by Gasteiger charge is 2.15. The summed E-state index contributed by atoms with van der Waals surface area (Å²) >= 11 is 1.36. The zero-order chi connectivity index (χ0) is 21.1. The second-order valence-electron chi connectivity index (χ2n) is 7.24. The molecule has 0 atom stereocenters. The molecule has 0 aliphatic carbocycles. The number of rotatable bonds is 7. The topological polar surface area (TPSA) is 52.0 Å². The summed E-state index contributed by atoms with van der Waals surface area (Å²) in [5.74, 6) is -0.473. The molecule has 4 aromatic rings. The Kier molecular flexibility index (Phi) is 5.86. The van der Waals surface area contributed by atoms with Gasteiger partial charge in [-0.1, -0.05) is 49.7 Å². The normalized spacial score (nSPS) is 11.1. The van der Waals surface area contributed by atoms with Crippen molar-refractivity contribution in [3.63, 3.8) is 0 Å². The number of benzene rings is 2. The largest absolute Gasteiger partial charge is 0.292 e. The number of nitrogens with zero attached hydrogens (tertiary/aromatic N) is 2. The van der Waals surface area contributed by atoms with Crippen LogP contribution in [0.1, 0.15) is 35.7 Å². The number of aryl methyl sites for hydroxylation is 1. The van der Waals surface area contributed by atoms with Crippen LogP contribution in [0.2, 0.25) is 0 Å². The van der Waals surface area contributed by atoms with Gasteiger partial charge in [0.1, 0.15) is 10.6 Å². The Balaban J connectivity index is 1.62. The molecule has 0 unspecified atom stereocenters. The van der Waals surface area contributed by atoms with E-state index in [1.807, 2.05) is 29.6 Å². The van der Waals surface area contributed by atoms with Gasteiger partial charge in [0.15, 0.2) is 5.78 Å². The van der Waals surface area contributed by atoms with Gasteiger partial charge in [0, 0.05) is 16.5 Å². The predicted octanol–water partition coefficient (Wildman–Crippen LogP) is 5.49. The van der Waals surface area contributed by atoms with Crippen molar-refractivity contribution in [3.05, 3.63) is 87.5 Å². The number of hydrogen-bond donors (Lipinski definition) is 0. The summed E-state index contributed by atoms with van der Waals surface area (Å²) in [5, 5.41) is 2.30. The Morgan fingerprint density at radius 2 is 1.83 bits per heavy atom. The van der Waals surface area contributed by atoms with Gasteiger partial charge in [-0.3, -0.25) is 14.2 Å². The smallest absolute Gasteiger partial charge is 0.263 e. The van der Waals surface area contributed by atoms with Crippen LogP contribution in [0.15, 0.2) is 65.0 Å². The lowest BCUT2D eigenvalue weighted by Gasteiger charge is -2.07. The molecule has 30 heavy (non-hydrogen) atoms.